The first-order chi connectivity index (χ1) is 4.26. The average Bonchev–Trinajstić information content (AvgIpc) is 1.90. The van der Waals surface area contributed by atoms with E-state index in [2.05, 4.69) is 6.58 Å². The van der Waals surface area contributed by atoms with Crippen LogP contribution in [0.2, 0.25) is 0 Å². The molecule has 0 amide bonds. The zero-order valence-electron chi connectivity index (χ0n) is 5.58. The van der Waals surface area contributed by atoms with Gasteiger partial charge in [0.05, 0.1) is 6.10 Å². The molecule has 0 saturated carbocycles. The van der Waals surface area contributed by atoms with Gasteiger partial charge in [0.15, 0.2) is 0 Å². The van der Waals surface area contributed by atoms with Crippen molar-refractivity contribution in [1.82, 2.24) is 0 Å². The van der Waals surface area contributed by atoms with Crippen LogP contribution >= 0.6 is 0 Å². The molecule has 0 aliphatic rings. The van der Waals surface area contributed by atoms with E-state index in [-0.39, 0.29) is 5.92 Å². The molecule has 0 saturated heterocycles. The van der Waals surface area contributed by atoms with Crippen LogP contribution in [-0.2, 0) is 4.79 Å². The molecule has 0 bridgehead atoms. The molecule has 2 nitrogen and oxygen atoms in total. The van der Waals surface area contributed by atoms with E-state index >= 15 is 0 Å². The molecular formula is C7H12O2. The van der Waals surface area contributed by atoms with Crippen molar-refractivity contribution in [2.45, 2.75) is 19.4 Å². The van der Waals surface area contributed by atoms with Gasteiger partial charge < -0.3 is 9.90 Å². The zero-order valence-corrected chi connectivity index (χ0v) is 5.58. The van der Waals surface area contributed by atoms with E-state index < -0.39 is 6.10 Å². The minimum Gasteiger partial charge on any atom is -0.388 e. The number of rotatable bonds is 4. The number of aliphatic hydroxyl groups excluding tert-OH is 1. The lowest BCUT2D eigenvalue weighted by atomic mass is 10.0. The van der Waals surface area contributed by atoms with Crippen molar-refractivity contribution in [3.63, 3.8) is 0 Å². The lowest BCUT2D eigenvalue weighted by Crippen LogP contribution is -2.17. The predicted octanol–water partition coefficient (Wildman–Crippen LogP) is 0.758. The van der Waals surface area contributed by atoms with Gasteiger partial charge in [-0.05, 0) is 6.42 Å². The second kappa shape index (κ2) is 4.27. The Morgan fingerprint density at radius 3 is 2.44 bits per heavy atom. The average molecular weight is 128 g/mol. The summed E-state index contributed by atoms with van der Waals surface area (Å²) in [7, 11) is 0. The molecule has 9 heavy (non-hydrogen) atoms. The van der Waals surface area contributed by atoms with E-state index in [0.717, 1.165) is 6.29 Å². The topological polar surface area (TPSA) is 37.3 Å². The number of aldehydes is 1. The van der Waals surface area contributed by atoms with Crippen molar-refractivity contribution in [2.24, 2.45) is 5.92 Å². The molecule has 52 valence electrons. The monoisotopic (exact) mass is 128 g/mol. The van der Waals surface area contributed by atoms with Crippen LogP contribution in [0.25, 0.3) is 0 Å². The van der Waals surface area contributed by atoms with Gasteiger partial charge >= 0.3 is 0 Å². The third-order valence-corrected chi connectivity index (χ3v) is 1.33. The van der Waals surface area contributed by atoms with Crippen LogP contribution in [0.5, 0.6) is 0 Å². The van der Waals surface area contributed by atoms with Gasteiger partial charge in [-0.1, -0.05) is 13.0 Å². The third kappa shape index (κ3) is 2.42. The van der Waals surface area contributed by atoms with Crippen LogP contribution in [0.3, 0.4) is 0 Å². The highest BCUT2D eigenvalue weighted by atomic mass is 16.3. The van der Waals surface area contributed by atoms with Crippen LogP contribution in [0, 0.1) is 5.92 Å². The Kier molecular flexibility index (Phi) is 3.97. The lowest BCUT2D eigenvalue weighted by molar-refractivity contribution is -0.113. The van der Waals surface area contributed by atoms with Crippen molar-refractivity contribution in [1.29, 1.82) is 0 Å². The van der Waals surface area contributed by atoms with Gasteiger partial charge in [-0.25, -0.2) is 0 Å². The molecule has 0 aliphatic heterocycles. The molecule has 0 aromatic carbocycles. The van der Waals surface area contributed by atoms with E-state index in [1.165, 1.54) is 6.08 Å². The number of hydrogen-bond acceptors (Lipinski definition) is 2. The Bertz CT molecular complexity index is 99.1. The Balaban J connectivity index is 3.77. The molecule has 0 radical (unpaired) electrons. The highest BCUT2D eigenvalue weighted by Gasteiger charge is 2.11. The Hall–Kier alpha value is -0.630. The van der Waals surface area contributed by atoms with Crippen molar-refractivity contribution < 1.29 is 9.90 Å². The van der Waals surface area contributed by atoms with Crippen LogP contribution in [0.4, 0.5) is 0 Å². The summed E-state index contributed by atoms with van der Waals surface area (Å²) in [4.78, 5) is 10.1. The maximum atomic E-state index is 10.1. The maximum absolute atomic E-state index is 10.1. The van der Waals surface area contributed by atoms with E-state index in [1.54, 1.807) is 0 Å². The number of aliphatic hydroxyl groups is 1. The molecule has 2 unspecified atom stereocenters. The van der Waals surface area contributed by atoms with Gasteiger partial charge in [-0.2, -0.15) is 0 Å². The Morgan fingerprint density at radius 1 is 1.78 bits per heavy atom. The van der Waals surface area contributed by atoms with E-state index in [9.17, 15) is 4.79 Å². The van der Waals surface area contributed by atoms with Gasteiger partial charge in [0.25, 0.3) is 0 Å². The number of hydrogen-bond donors (Lipinski definition) is 1. The van der Waals surface area contributed by atoms with Crippen molar-refractivity contribution in [2.75, 3.05) is 0 Å². The van der Waals surface area contributed by atoms with Crippen molar-refractivity contribution >= 4 is 6.29 Å². The Morgan fingerprint density at radius 2 is 2.33 bits per heavy atom. The third-order valence-electron chi connectivity index (χ3n) is 1.33. The van der Waals surface area contributed by atoms with Crippen LogP contribution in [0.1, 0.15) is 13.3 Å². The quantitative estimate of drug-likeness (QED) is 0.448. The van der Waals surface area contributed by atoms with Gasteiger partial charge in [-0.3, -0.25) is 0 Å². The SMILES string of the molecule is C=CC(O)C(C=O)CC. The number of carbonyl (C=O) groups excluding carboxylic acids is 1. The molecule has 0 spiro atoms. The molecule has 2 heteroatoms. The fraction of sp³-hybridized carbons (Fsp3) is 0.571. The first-order valence-corrected chi connectivity index (χ1v) is 3.02. The van der Waals surface area contributed by atoms with Crippen LogP contribution < -0.4 is 0 Å². The first-order valence-electron chi connectivity index (χ1n) is 3.02. The summed E-state index contributed by atoms with van der Waals surface area (Å²) in [5.41, 5.74) is 0. The fourth-order valence-corrected chi connectivity index (χ4v) is 0.593. The van der Waals surface area contributed by atoms with E-state index in [4.69, 9.17) is 5.11 Å². The molecule has 0 rings (SSSR count). The summed E-state index contributed by atoms with van der Waals surface area (Å²) in [6.45, 7) is 5.22. The highest BCUT2D eigenvalue weighted by Crippen LogP contribution is 2.05. The molecule has 0 heterocycles. The fourth-order valence-electron chi connectivity index (χ4n) is 0.593. The summed E-state index contributed by atoms with van der Waals surface area (Å²) in [5, 5.41) is 8.97. The van der Waals surface area contributed by atoms with Crippen molar-refractivity contribution in [3.05, 3.63) is 12.7 Å². The normalized spacial score (nSPS) is 16.2. The summed E-state index contributed by atoms with van der Waals surface area (Å²) in [5.74, 6) is -0.275. The van der Waals surface area contributed by atoms with Gasteiger partial charge in [0.2, 0.25) is 0 Å². The largest absolute Gasteiger partial charge is 0.388 e. The summed E-state index contributed by atoms with van der Waals surface area (Å²) in [6, 6.07) is 0. The summed E-state index contributed by atoms with van der Waals surface area (Å²) >= 11 is 0. The molecule has 0 aromatic rings. The highest BCUT2D eigenvalue weighted by molar-refractivity contribution is 5.54. The Labute approximate surface area is 55.2 Å². The molecule has 0 aliphatic carbocycles. The molecule has 1 N–H and O–H groups in total. The second-order valence-corrected chi connectivity index (χ2v) is 1.93. The van der Waals surface area contributed by atoms with Crippen molar-refractivity contribution in [3.8, 4) is 0 Å². The molecular weight excluding hydrogens is 116 g/mol. The van der Waals surface area contributed by atoms with E-state index in [0.29, 0.717) is 6.42 Å². The zero-order chi connectivity index (χ0) is 7.28. The van der Waals surface area contributed by atoms with E-state index in [1.807, 2.05) is 6.92 Å². The van der Waals surface area contributed by atoms with Crippen LogP contribution in [0.15, 0.2) is 12.7 Å². The first kappa shape index (κ1) is 8.37. The van der Waals surface area contributed by atoms with Crippen LogP contribution in [-0.4, -0.2) is 17.5 Å². The predicted molar refractivity (Wildman–Crippen MR) is 36.0 cm³/mol. The van der Waals surface area contributed by atoms with Gasteiger partial charge in [0, 0.05) is 5.92 Å². The lowest BCUT2D eigenvalue weighted by Gasteiger charge is -2.09. The molecule has 0 fully saturated rings. The number of carbonyl (C=O) groups is 1. The van der Waals surface area contributed by atoms with Gasteiger partial charge in [-0.15, -0.1) is 6.58 Å². The molecule has 2 atom stereocenters. The smallest absolute Gasteiger partial charge is 0.125 e. The maximum Gasteiger partial charge on any atom is 0.125 e. The second-order valence-electron chi connectivity index (χ2n) is 1.93. The minimum absolute atomic E-state index is 0.275. The molecule has 0 aromatic heterocycles. The summed E-state index contributed by atoms with van der Waals surface area (Å²) in [6.07, 6.45) is 2.12. The minimum atomic E-state index is -0.674. The standard InChI is InChI=1S/C7H12O2/c1-3-6(5-8)7(9)4-2/h4-7,9H,2-3H2,1H3. The van der Waals surface area contributed by atoms with Gasteiger partial charge in [0.1, 0.15) is 6.29 Å². The summed E-state index contributed by atoms with van der Waals surface area (Å²) < 4.78 is 0.